The van der Waals surface area contributed by atoms with Gasteiger partial charge in [0.25, 0.3) is 5.91 Å². The first kappa shape index (κ1) is 25.7. The van der Waals surface area contributed by atoms with Gasteiger partial charge in [0, 0.05) is 63.5 Å². The molecule has 7 rings (SSSR count). The van der Waals surface area contributed by atoms with E-state index < -0.39 is 5.54 Å². The number of hydrogen-bond donors (Lipinski definition) is 0. The zero-order valence-corrected chi connectivity index (χ0v) is 23.6. The maximum atomic E-state index is 13.8. The van der Waals surface area contributed by atoms with E-state index in [4.69, 9.17) is 4.99 Å². The fourth-order valence-corrected chi connectivity index (χ4v) is 6.98. The van der Waals surface area contributed by atoms with Crippen molar-refractivity contribution in [2.24, 2.45) is 16.8 Å². The summed E-state index contributed by atoms with van der Waals surface area (Å²) in [4.78, 5) is 45.0. The molecule has 210 valence electrons. The van der Waals surface area contributed by atoms with E-state index in [0.717, 1.165) is 113 Å². The molecule has 1 aromatic heterocycles. The third-order valence-electron chi connectivity index (χ3n) is 9.66. The standard InChI is InChI=1S/C32H40N6O2/c1-35-16-18-36(19-17-35)28-20-27(10-14-33-28)24-4-6-25(7-5-24)29-34-32(12-2-3-13-32)31(40)38(29)22-23-11-15-37(21-23)30(39)26-8-9-26/h4-7,10,14,20,23,26H,2-3,8-9,11-13,15-19,21-22H2,1H3/t23-/m1/s1. The summed E-state index contributed by atoms with van der Waals surface area (Å²) in [5.74, 6) is 2.89. The Labute approximate surface area is 237 Å². The molecule has 1 spiro atoms. The molecule has 1 aromatic carbocycles. The van der Waals surface area contributed by atoms with Gasteiger partial charge in [-0.25, -0.2) is 4.98 Å². The molecule has 2 aromatic rings. The highest BCUT2D eigenvalue weighted by Crippen LogP contribution is 2.41. The van der Waals surface area contributed by atoms with Crippen LogP contribution in [0.3, 0.4) is 0 Å². The van der Waals surface area contributed by atoms with Gasteiger partial charge < -0.3 is 14.7 Å². The summed E-state index contributed by atoms with van der Waals surface area (Å²) in [6.07, 6.45) is 8.73. The number of amidine groups is 1. The molecule has 0 N–H and O–H groups in total. The van der Waals surface area contributed by atoms with Crippen LogP contribution >= 0.6 is 0 Å². The number of likely N-dealkylation sites (N-methyl/N-ethyl adjacent to an activating group) is 1. The lowest BCUT2D eigenvalue weighted by molar-refractivity contribution is -0.131. The Hall–Kier alpha value is -3.26. The predicted octanol–water partition coefficient (Wildman–Crippen LogP) is 3.66. The number of nitrogens with zero attached hydrogens (tertiary/aromatic N) is 6. The van der Waals surface area contributed by atoms with Crippen LogP contribution in [-0.4, -0.2) is 95.7 Å². The van der Waals surface area contributed by atoms with Crippen molar-refractivity contribution in [1.29, 1.82) is 0 Å². The van der Waals surface area contributed by atoms with E-state index in [1.807, 2.05) is 16.0 Å². The minimum absolute atomic E-state index is 0.169. The Morgan fingerprint density at radius 3 is 2.38 bits per heavy atom. The molecule has 8 heteroatoms. The molecule has 2 saturated carbocycles. The topological polar surface area (TPSA) is 72.3 Å². The molecule has 8 nitrogen and oxygen atoms in total. The monoisotopic (exact) mass is 540 g/mol. The van der Waals surface area contributed by atoms with Gasteiger partial charge in [-0.3, -0.25) is 19.5 Å². The van der Waals surface area contributed by atoms with E-state index in [1.165, 1.54) is 0 Å². The minimum Gasteiger partial charge on any atom is -0.354 e. The SMILES string of the molecule is CN1CCN(c2cc(-c3ccc(C4=NC5(CCCC5)C(=O)N4C[C@@H]4CCN(C(=O)C5CC5)C4)cc3)ccn2)CC1. The fraction of sp³-hybridized carbons (Fsp3) is 0.562. The zero-order valence-electron chi connectivity index (χ0n) is 23.6. The molecule has 5 aliphatic rings. The number of aromatic nitrogens is 1. The van der Waals surface area contributed by atoms with Gasteiger partial charge in [0.15, 0.2) is 0 Å². The van der Waals surface area contributed by atoms with Gasteiger partial charge in [-0.05, 0) is 68.3 Å². The van der Waals surface area contributed by atoms with Gasteiger partial charge in [-0.2, -0.15) is 0 Å². The Balaban J connectivity index is 1.10. The molecular formula is C32H40N6O2. The molecule has 0 bridgehead atoms. The first-order valence-corrected chi connectivity index (χ1v) is 15.2. The lowest BCUT2D eigenvalue weighted by atomic mass is 9.97. The Morgan fingerprint density at radius 1 is 0.925 bits per heavy atom. The van der Waals surface area contributed by atoms with Crippen molar-refractivity contribution in [3.63, 3.8) is 0 Å². The van der Waals surface area contributed by atoms with Gasteiger partial charge >= 0.3 is 0 Å². The summed E-state index contributed by atoms with van der Waals surface area (Å²) in [7, 11) is 2.17. The Bertz CT molecular complexity index is 1300. The van der Waals surface area contributed by atoms with Crippen molar-refractivity contribution < 1.29 is 9.59 Å². The average molecular weight is 541 g/mol. The molecule has 2 saturated heterocycles. The van der Waals surface area contributed by atoms with Gasteiger partial charge in [-0.1, -0.05) is 37.1 Å². The number of aliphatic imine (C=N–C) groups is 1. The summed E-state index contributed by atoms with van der Waals surface area (Å²) in [5, 5.41) is 0. The maximum absolute atomic E-state index is 13.8. The van der Waals surface area contributed by atoms with Gasteiger partial charge in [0.2, 0.25) is 5.91 Å². The van der Waals surface area contributed by atoms with Crippen LogP contribution in [0, 0.1) is 11.8 Å². The number of likely N-dealkylation sites (tertiary alicyclic amines) is 1. The number of benzene rings is 1. The molecule has 2 amide bonds. The number of hydrogen-bond acceptors (Lipinski definition) is 6. The van der Waals surface area contributed by atoms with Crippen molar-refractivity contribution >= 4 is 23.5 Å². The zero-order chi connectivity index (χ0) is 27.3. The second kappa shape index (κ2) is 10.3. The number of rotatable bonds is 6. The summed E-state index contributed by atoms with van der Waals surface area (Å²) < 4.78 is 0. The van der Waals surface area contributed by atoms with Crippen molar-refractivity contribution in [3.8, 4) is 11.1 Å². The number of pyridine rings is 1. The number of anilines is 1. The van der Waals surface area contributed by atoms with E-state index in [2.05, 4.69) is 58.2 Å². The molecule has 3 aliphatic heterocycles. The largest absolute Gasteiger partial charge is 0.354 e. The summed E-state index contributed by atoms with van der Waals surface area (Å²) in [6, 6.07) is 12.8. The highest BCUT2D eigenvalue weighted by Gasteiger charge is 2.50. The summed E-state index contributed by atoms with van der Waals surface area (Å²) >= 11 is 0. The predicted molar refractivity (Wildman–Crippen MR) is 156 cm³/mol. The third kappa shape index (κ3) is 4.80. The highest BCUT2D eigenvalue weighted by molar-refractivity contribution is 6.15. The lowest BCUT2D eigenvalue weighted by Crippen LogP contribution is -2.44. The second-order valence-corrected chi connectivity index (χ2v) is 12.6. The van der Waals surface area contributed by atoms with E-state index in [1.54, 1.807) is 0 Å². The fourth-order valence-electron chi connectivity index (χ4n) is 6.98. The van der Waals surface area contributed by atoms with Crippen LogP contribution in [0.5, 0.6) is 0 Å². The molecule has 1 atom stereocenters. The van der Waals surface area contributed by atoms with Crippen molar-refractivity contribution in [3.05, 3.63) is 48.2 Å². The maximum Gasteiger partial charge on any atom is 0.256 e. The second-order valence-electron chi connectivity index (χ2n) is 12.6. The van der Waals surface area contributed by atoms with E-state index >= 15 is 0 Å². The molecular weight excluding hydrogens is 500 g/mol. The summed E-state index contributed by atoms with van der Waals surface area (Å²) in [5.41, 5.74) is 2.70. The Morgan fingerprint density at radius 2 is 1.65 bits per heavy atom. The number of carbonyl (C=O) groups excluding carboxylic acids is 2. The first-order valence-electron chi connectivity index (χ1n) is 15.2. The van der Waals surface area contributed by atoms with E-state index in [0.29, 0.717) is 18.4 Å². The van der Waals surface area contributed by atoms with Crippen molar-refractivity contribution in [2.45, 2.75) is 50.5 Å². The van der Waals surface area contributed by atoms with E-state index in [-0.39, 0.29) is 11.8 Å². The van der Waals surface area contributed by atoms with Gasteiger partial charge in [-0.15, -0.1) is 0 Å². The normalized spacial score (nSPS) is 24.8. The third-order valence-corrected chi connectivity index (χ3v) is 9.66. The number of amides is 2. The number of piperazine rings is 1. The number of carbonyl (C=O) groups is 2. The van der Waals surface area contributed by atoms with Crippen molar-refractivity contribution in [2.75, 3.05) is 57.8 Å². The molecule has 0 radical (unpaired) electrons. The van der Waals surface area contributed by atoms with Crippen LogP contribution in [0.15, 0.2) is 47.6 Å². The molecule has 4 fully saturated rings. The van der Waals surface area contributed by atoms with Gasteiger partial charge in [0.05, 0.1) is 0 Å². The highest BCUT2D eigenvalue weighted by atomic mass is 16.2. The van der Waals surface area contributed by atoms with Crippen LogP contribution in [0.2, 0.25) is 0 Å². The van der Waals surface area contributed by atoms with E-state index in [9.17, 15) is 9.59 Å². The van der Waals surface area contributed by atoms with Crippen LogP contribution in [0.1, 0.15) is 50.5 Å². The van der Waals surface area contributed by atoms with Crippen LogP contribution in [0.25, 0.3) is 11.1 Å². The Kier molecular flexibility index (Phi) is 6.61. The molecule has 0 unspecified atom stereocenters. The lowest BCUT2D eigenvalue weighted by Gasteiger charge is -2.33. The minimum atomic E-state index is -0.585. The van der Waals surface area contributed by atoms with Crippen LogP contribution in [-0.2, 0) is 9.59 Å². The first-order chi connectivity index (χ1) is 19.5. The van der Waals surface area contributed by atoms with Gasteiger partial charge in [0.1, 0.15) is 17.2 Å². The molecule has 40 heavy (non-hydrogen) atoms. The van der Waals surface area contributed by atoms with Crippen LogP contribution in [0.4, 0.5) is 5.82 Å². The van der Waals surface area contributed by atoms with Crippen LogP contribution < -0.4 is 4.90 Å². The average Bonchev–Trinajstić information content (AvgIpc) is 3.43. The summed E-state index contributed by atoms with van der Waals surface area (Å²) in [6.45, 7) is 6.31. The molecule has 4 heterocycles. The van der Waals surface area contributed by atoms with Crippen molar-refractivity contribution in [1.82, 2.24) is 19.7 Å². The smallest absolute Gasteiger partial charge is 0.256 e. The quantitative estimate of drug-likeness (QED) is 0.559. The molecule has 2 aliphatic carbocycles.